The summed E-state index contributed by atoms with van der Waals surface area (Å²) in [4.78, 5) is 17.5. The van der Waals surface area contributed by atoms with Gasteiger partial charge >= 0.3 is 6.01 Å². The monoisotopic (exact) mass is 689 g/mol. The van der Waals surface area contributed by atoms with Crippen LogP contribution in [0.15, 0.2) is 30.5 Å². The summed E-state index contributed by atoms with van der Waals surface area (Å²) in [5.41, 5.74) is -1.61. The van der Waals surface area contributed by atoms with Crippen molar-refractivity contribution in [3.63, 3.8) is 0 Å². The fraction of sp³-hybridized carbons (Fsp3) is 0.452. The predicted octanol–water partition coefficient (Wildman–Crippen LogP) is 4.21. The molecule has 4 fully saturated rings. The average molecular weight is 690 g/mol. The first-order valence-corrected chi connectivity index (χ1v) is 17.3. The van der Waals surface area contributed by atoms with Gasteiger partial charge in [-0.1, -0.05) is 17.7 Å². The maximum absolute atomic E-state index is 16.8. The fourth-order valence-corrected chi connectivity index (χ4v) is 9.48. The van der Waals surface area contributed by atoms with Gasteiger partial charge in [0.05, 0.1) is 21.5 Å². The molecular weight excluding hydrogens is 659 g/mol. The molecule has 248 valence electrons. The Kier molecular flexibility index (Phi) is 7.22. The smallest absolute Gasteiger partial charge is 0.319 e. The number of aromatic nitrogens is 3. The van der Waals surface area contributed by atoms with E-state index in [0.29, 0.717) is 43.6 Å². The number of aromatic hydroxyl groups is 1. The number of phenolic OH excluding ortho intramolecular Hbond substituents is 1. The molecule has 4 aliphatic rings. The Balaban J connectivity index is 1.26. The normalized spacial score (nSPS) is 27.3. The number of nitrogens with one attached hydrogen (secondary N) is 2. The highest BCUT2D eigenvalue weighted by atomic mass is 35.5. The molecule has 16 heteroatoms. The third kappa shape index (κ3) is 5.23. The Labute approximate surface area is 273 Å². The quantitative estimate of drug-likeness (QED) is 0.282. The van der Waals surface area contributed by atoms with Crippen LogP contribution in [0.2, 0.25) is 5.02 Å². The van der Waals surface area contributed by atoms with Crippen molar-refractivity contribution in [2.24, 2.45) is 0 Å². The SMILES string of the molecule is O=S1(=O)NC[C@@]2(CCCN(c3nc(OC[C@@]45CCCN4C[C@H](F)C5)nc4c(F)c(-c5cc(O)cc6ccc(F)c(Cl)c56)ncc34)C2)N1. The van der Waals surface area contributed by atoms with Gasteiger partial charge in [0.2, 0.25) is 0 Å². The average Bonchev–Trinajstić information content (AvgIpc) is 3.66. The second-order valence-corrected chi connectivity index (χ2v) is 14.9. The molecule has 47 heavy (non-hydrogen) atoms. The summed E-state index contributed by atoms with van der Waals surface area (Å²) in [7, 11) is -3.66. The standard InChI is InChI=1S/C31H31ClF3N7O4S/c32-24-22(34)4-3-17-9-19(43)10-20(23(17)24)26-25(35)27-21(12-36-26)28(41-7-1-5-30(15-41)14-37-47(44,45)40-30)39-29(38-27)46-16-31-6-2-8-42(31)13-18(33)11-31/h3-4,9-10,12,18,37,40,43H,1-2,5-8,11,13-16H2/t18-,30-,31+/m1/s1. The Morgan fingerprint density at radius 1 is 1.15 bits per heavy atom. The van der Waals surface area contributed by atoms with Gasteiger partial charge in [-0.05, 0) is 55.8 Å². The predicted molar refractivity (Wildman–Crippen MR) is 170 cm³/mol. The number of phenols is 1. The highest BCUT2D eigenvalue weighted by molar-refractivity contribution is 7.87. The maximum atomic E-state index is 16.8. The Hall–Kier alpha value is -3.50. The number of anilines is 1. The van der Waals surface area contributed by atoms with Crippen molar-refractivity contribution in [1.82, 2.24) is 29.3 Å². The zero-order chi connectivity index (χ0) is 32.7. The number of hydrogen-bond donors (Lipinski definition) is 3. The van der Waals surface area contributed by atoms with Gasteiger partial charge in [-0.25, -0.2) is 17.9 Å². The molecule has 0 radical (unpaired) electrons. The molecule has 3 N–H and O–H groups in total. The zero-order valence-corrected chi connectivity index (χ0v) is 26.6. The highest BCUT2D eigenvalue weighted by Crippen LogP contribution is 2.43. The molecule has 11 nitrogen and oxygen atoms in total. The molecule has 0 bridgehead atoms. The van der Waals surface area contributed by atoms with Crippen LogP contribution in [-0.2, 0) is 10.2 Å². The van der Waals surface area contributed by atoms with Crippen LogP contribution in [0.3, 0.4) is 0 Å². The number of fused-ring (bicyclic) bond motifs is 3. The van der Waals surface area contributed by atoms with Crippen LogP contribution in [0.5, 0.6) is 11.8 Å². The summed E-state index contributed by atoms with van der Waals surface area (Å²) in [6, 6.07) is 5.12. The van der Waals surface area contributed by atoms with Crippen LogP contribution in [-0.4, -0.2) is 90.0 Å². The summed E-state index contributed by atoms with van der Waals surface area (Å²) in [5.74, 6) is -1.48. The van der Waals surface area contributed by atoms with Crippen molar-refractivity contribution in [2.75, 3.05) is 44.2 Å². The highest BCUT2D eigenvalue weighted by Gasteiger charge is 2.49. The van der Waals surface area contributed by atoms with Gasteiger partial charge in [-0.3, -0.25) is 9.88 Å². The first-order valence-electron chi connectivity index (χ1n) is 15.5. The maximum Gasteiger partial charge on any atom is 0.319 e. The second kappa shape index (κ2) is 11.0. The molecule has 1 spiro atoms. The minimum Gasteiger partial charge on any atom is -0.508 e. The Bertz CT molecular complexity index is 2060. The molecule has 2 aromatic carbocycles. The molecular formula is C31H31ClF3N7O4S. The molecule has 0 amide bonds. The fourth-order valence-electron chi connectivity index (χ4n) is 7.86. The summed E-state index contributed by atoms with van der Waals surface area (Å²) in [5, 5.41) is 11.0. The van der Waals surface area contributed by atoms with Crippen LogP contribution in [0.4, 0.5) is 19.0 Å². The van der Waals surface area contributed by atoms with Crippen LogP contribution in [0.1, 0.15) is 32.1 Å². The third-order valence-electron chi connectivity index (χ3n) is 9.95. The molecule has 6 heterocycles. The lowest BCUT2D eigenvalue weighted by Crippen LogP contribution is -2.56. The van der Waals surface area contributed by atoms with E-state index in [-0.39, 0.29) is 64.0 Å². The van der Waals surface area contributed by atoms with Crippen molar-refractivity contribution in [3.05, 3.63) is 47.1 Å². The van der Waals surface area contributed by atoms with E-state index in [2.05, 4.69) is 24.3 Å². The van der Waals surface area contributed by atoms with E-state index < -0.39 is 39.1 Å². The van der Waals surface area contributed by atoms with E-state index in [9.17, 15) is 22.3 Å². The number of alkyl halides is 1. The van der Waals surface area contributed by atoms with Crippen molar-refractivity contribution in [3.8, 4) is 23.0 Å². The van der Waals surface area contributed by atoms with E-state index in [0.717, 1.165) is 25.5 Å². The summed E-state index contributed by atoms with van der Waals surface area (Å²) < 4.78 is 81.8. The molecule has 2 aromatic heterocycles. The number of piperidine rings is 1. The van der Waals surface area contributed by atoms with Gasteiger partial charge in [0.15, 0.2) is 5.82 Å². The van der Waals surface area contributed by atoms with Crippen molar-refractivity contribution < 1.29 is 31.4 Å². The van der Waals surface area contributed by atoms with Gasteiger partial charge in [0.1, 0.15) is 41.4 Å². The first kappa shape index (κ1) is 30.8. The van der Waals surface area contributed by atoms with E-state index in [1.807, 2.05) is 4.90 Å². The van der Waals surface area contributed by atoms with Crippen LogP contribution in [0.25, 0.3) is 32.9 Å². The van der Waals surface area contributed by atoms with Gasteiger partial charge in [0, 0.05) is 49.7 Å². The van der Waals surface area contributed by atoms with Crippen molar-refractivity contribution >= 4 is 49.3 Å². The number of hydrogen-bond acceptors (Lipinski definition) is 9. The van der Waals surface area contributed by atoms with Crippen LogP contribution in [0, 0.1) is 11.6 Å². The Morgan fingerprint density at radius 3 is 2.79 bits per heavy atom. The summed E-state index contributed by atoms with van der Waals surface area (Å²) in [6.45, 7) is 2.11. The minimum atomic E-state index is -3.66. The molecule has 8 rings (SSSR count). The van der Waals surface area contributed by atoms with E-state index in [1.165, 1.54) is 24.4 Å². The lowest BCUT2D eigenvalue weighted by molar-refractivity contribution is 0.107. The topological polar surface area (TPSA) is 133 Å². The number of ether oxygens (including phenoxy) is 1. The van der Waals surface area contributed by atoms with Crippen molar-refractivity contribution in [1.29, 1.82) is 0 Å². The summed E-state index contributed by atoms with van der Waals surface area (Å²) in [6.07, 6.45) is 3.61. The lowest BCUT2D eigenvalue weighted by atomic mass is 9.90. The molecule has 0 aliphatic carbocycles. The lowest BCUT2D eigenvalue weighted by Gasteiger charge is -2.40. The first-order chi connectivity index (χ1) is 22.4. The minimum absolute atomic E-state index is 0.0651. The number of halogens is 4. The third-order valence-corrected chi connectivity index (χ3v) is 11.5. The number of nitrogens with zero attached hydrogens (tertiary/aromatic N) is 5. The van der Waals surface area contributed by atoms with Crippen LogP contribution >= 0.6 is 11.6 Å². The molecule has 0 unspecified atom stereocenters. The van der Waals surface area contributed by atoms with E-state index in [1.54, 1.807) is 0 Å². The van der Waals surface area contributed by atoms with E-state index in [4.69, 9.17) is 21.3 Å². The largest absolute Gasteiger partial charge is 0.508 e. The number of benzene rings is 2. The van der Waals surface area contributed by atoms with Crippen LogP contribution < -0.4 is 19.1 Å². The molecule has 4 saturated heterocycles. The molecule has 4 aromatic rings. The van der Waals surface area contributed by atoms with Crippen molar-refractivity contribution in [2.45, 2.75) is 49.4 Å². The number of rotatable bonds is 5. The summed E-state index contributed by atoms with van der Waals surface area (Å²) >= 11 is 6.35. The molecule has 0 saturated carbocycles. The zero-order valence-electron chi connectivity index (χ0n) is 25.1. The molecule has 3 atom stereocenters. The van der Waals surface area contributed by atoms with Gasteiger partial charge in [-0.2, -0.15) is 23.1 Å². The van der Waals surface area contributed by atoms with E-state index >= 15 is 4.39 Å². The second-order valence-electron chi connectivity index (χ2n) is 13.1. The van der Waals surface area contributed by atoms with Gasteiger partial charge in [0.25, 0.3) is 10.2 Å². The van der Waals surface area contributed by atoms with Gasteiger partial charge in [-0.15, -0.1) is 0 Å². The van der Waals surface area contributed by atoms with Gasteiger partial charge < -0.3 is 14.7 Å². The Morgan fingerprint density at radius 2 is 1.98 bits per heavy atom. The molecule has 4 aliphatic heterocycles. The number of pyridine rings is 1.